The lowest BCUT2D eigenvalue weighted by atomic mass is 9.77. The van der Waals surface area contributed by atoms with Gasteiger partial charge in [-0.2, -0.15) is 0 Å². The van der Waals surface area contributed by atoms with Gasteiger partial charge in [-0.1, -0.05) is 139 Å². The molecule has 182 valence electrons. The van der Waals surface area contributed by atoms with Crippen molar-refractivity contribution in [3.8, 4) is 0 Å². The molecule has 0 amide bonds. The average Bonchev–Trinajstić information content (AvgIpc) is 2.75. The minimum atomic E-state index is -0.194. The number of hydrogen-bond acceptors (Lipinski definition) is 1. The Hall–Kier alpha value is -1.38. The number of hydrogen-bond donors (Lipinski definition) is 1. The van der Waals surface area contributed by atoms with Crippen molar-refractivity contribution in [1.29, 1.82) is 0 Å². The summed E-state index contributed by atoms with van der Waals surface area (Å²) >= 11 is 0. The highest BCUT2D eigenvalue weighted by atomic mass is 16.0. The summed E-state index contributed by atoms with van der Waals surface area (Å²) in [5, 5.41) is 2.70. The molecule has 4 N–H and O–H groups in total. The predicted molar refractivity (Wildman–Crippen MR) is 143 cm³/mol. The standard InChI is InChI=1S/C30H49N.H2O/c1-4-5-6-7-8-9-10-11-12-13-14-15-16-17-25-29(30(2,3)31)28-24-20-22-26-21-18-19-23-27(26)28;/h18-24,29H,4-17,25,31H2,1-3H3;1H2. The van der Waals surface area contributed by atoms with Gasteiger partial charge in [0, 0.05) is 11.5 Å². The third-order valence-corrected chi connectivity index (χ3v) is 6.94. The number of nitrogens with two attached hydrogens (primary N) is 1. The van der Waals surface area contributed by atoms with Crippen LogP contribution in [0.25, 0.3) is 10.8 Å². The van der Waals surface area contributed by atoms with E-state index in [0.29, 0.717) is 5.92 Å². The molecule has 1 unspecified atom stereocenters. The van der Waals surface area contributed by atoms with Gasteiger partial charge >= 0.3 is 0 Å². The molecule has 1 atom stereocenters. The summed E-state index contributed by atoms with van der Waals surface area (Å²) in [7, 11) is 0. The van der Waals surface area contributed by atoms with Crippen LogP contribution in [0.5, 0.6) is 0 Å². The van der Waals surface area contributed by atoms with Gasteiger partial charge in [0.2, 0.25) is 0 Å². The van der Waals surface area contributed by atoms with Gasteiger partial charge in [-0.05, 0) is 36.6 Å². The Labute approximate surface area is 198 Å². The highest BCUT2D eigenvalue weighted by Crippen LogP contribution is 2.35. The smallest absolute Gasteiger partial charge is 0.0166 e. The fourth-order valence-electron chi connectivity index (χ4n) is 5.03. The molecule has 0 bridgehead atoms. The molecule has 0 radical (unpaired) electrons. The fraction of sp³-hybridized carbons (Fsp3) is 0.667. The van der Waals surface area contributed by atoms with Gasteiger partial charge in [0.25, 0.3) is 0 Å². The minimum Gasteiger partial charge on any atom is -0.412 e. The molecule has 0 fully saturated rings. The molecule has 32 heavy (non-hydrogen) atoms. The first-order valence-corrected chi connectivity index (χ1v) is 13.3. The van der Waals surface area contributed by atoms with Crippen LogP contribution >= 0.6 is 0 Å². The van der Waals surface area contributed by atoms with Gasteiger partial charge in [0.05, 0.1) is 0 Å². The maximum absolute atomic E-state index is 6.66. The zero-order valence-electron chi connectivity index (χ0n) is 21.3. The van der Waals surface area contributed by atoms with Crippen molar-refractivity contribution in [2.45, 2.75) is 129 Å². The average molecular weight is 442 g/mol. The van der Waals surface area contributed by atoms with E-state index in [1.165, 1.54) is 113 Å². The Bertz CT molecular complexity index is 713. The summed E-state index contributed by atoms with van der Waals surface area (Å²) in [6, 6.07) is 15.5. The third kappa shape index (κ3) is 10.5. The molecule has 2 aromatic rings. The highest BCUT2D eigenvalue weighted by Gasteiger charge is 2.27. The van der Waals surface area contributed by atoms with Gasteiger partial charge < -0.3 is 11.2 Å². The number of unbranched alkanes of at least 4 members (excludes halogenated alkanes) is 13. The van der Waals surface area contributed by atoms with E-state index in [4.69, 9.17) is 5.73 Å². The lowest BCUT2D eigenvalue weighted by molar-refractivity contribution is 0.378. The first-order chi connectivity index (χ1) is 15.0. The quantitative estimate of drug-likeness (QED) is 0.245. The Morgan fingerprint density at radius 3 is 1.66 bits per heavy atom. The summed E-state index contributed by atoms with van der Waals surface area (Å²) in [5.74, 6) is 0.413. The van der Waals surface area contributed by atoms with Crippen LogP contribution in [-0.4, -0.2) is 11.0 Å². The first kappa shape index (κ1) is 28.7. The molecule has 0 saturated heterocycles. The lowest BCUT2D eigenvalue weighted by Gasteiger charge is -2.32. The Kier molecular flexibility index (Phi) is 14.6. The van der Waals surface area contributed by atoms with Crippen LogP contribution in [0, 0.1) is 0 Å². The molecular formula is C30H51NO. The molecular weight excluding hydrogens is 390 g/mol. The zero-order chi connectivity index (χ0) is 22.4. The largest absolute Gasteiger partial charge is 0.412 e. The normalized spacial score (nSPS) is 12.6. The van der Waals surface area contributed by atoms with Gasteiger partial charge in [-0.3, -0.25) is 0 Å². The maximum Gasteiger partial charge on any atom is 0.0166 e. The molecule has 2 aromatic carbocycles. The maximum atomic E-state index is 6.66. The predicted octanol–water partition coefficient (Wildman–Crippen LogP) is 8.71. The van der Waals surface area contributed by atoms with Gasteiger partial charge in [0.15, 0.2) is 0 Å². The van der Waals surface area contributed by atoms with Gasteiger partial charge in [-0.25, -0.2) is 0 Å². The number of benzene rings is 2. The van der Waals surface area contributed by atoms with E-state index in [2.05, 4.69) is 63.2 Å². The van der Waals surface area contributed by atoms with Crippen LogP contribution in [0.1, 0.15) is 129 Å². The molecule has 0 saturated carbocycles. The second-order valence-electron chi connectivity index (χ2n) is 10.3. The summed E-state index contributed by atoms with van der Waals surface area (Å²) in [4.78, 5) is 0. The monoisotopic (exact) mass is 441 g/mol. The molecule has 2 heteroatoms. The summed E-state index contributed by atoms with van der Waals surface area (Å²) in [5.41, 5.74) is 7.89. The Morgan fingerprint density at radius 2 is 1.12 bits per heavy atom. The van der Waals surface area contributed by atoms with Crippen molar-refractivity contribution >= 4 is 10.8 Å². The summed E-state index contributed by atoms with van der Waals surface area (Å²) < 4.78 is 0. The third-order valence-electron chi connectivity index (χ3n) is 6.94. The lowest BCUT2D eigenvalue weighted by Crippen LogP contribution is -2.39. The van der Waals surface area contributed by atoms with Crippen molar-refractivity contribution in [3.63, 3.8) is 0 Å². The summed E-state index contributed by atoms with van der Waals surface area (Å²) in [6.45, 7) is 6.69. The Balaban J connectivity index is 0.00000512. The second-order valence-corrected chi connectivity index (χ2v) is 10.3. The number of fused-ring (bicyclic) bond motifs is 1. The molecule has 0 aliphatic carbocycles. The van der Waals surface area contributed by atoms with E-state index < -0.39 is 0 Å². The first-order valence-electron chi connectivity index (χ1n) is 13.3. The van der Waals surface area contributed by atoms with E-state index in [0.717, 1.165) is 0 Å². The molecule has 0 spiro atoms. The molecule has 0 heterocycles. The molecule has 0 aliphatic rings. The van der Waals surface area contributed by atoms with Crippen molar-refractivity contribution in [1.82, 2.24) is 0 Å². The van der Waals surface area contributed by atoms with Crippen LogP contribution in [0.3, 0.4) is 0 Å². The fourth-order valence-corrected chi connectivity index (χ4v) is 5.03. The van der Waals surface area contributed by atoms with Crippen molar-refractivity contribution in [3.05, 3.63) is 48.0 Å². The van der Waals surface area contributed by atoms with Gasteiger partial charge in [-0.15, -0.1) is 0 Å². The molecule has 2 rings (SSSR count). The van der Waals surface area contributed by atoms with E-state index in [1.807, 2.05) is 0 Å². The molecule has 0 aromatic heterocycles. The SMILES string of the molecule is CCCCCCCCCCCCCCCCC(c1cccc2ccccc12)C(C)(C)N.O. The van der Waals surface area contributed by atoms with Crippen LogP contribution in [0.4, 0.5) is 0 Å². The topological polar surface area (TPSA) is 57.5 Å². The van der Waals surface area contributed by atoms with E-state index in [-0.39, 0.29) is 11.0 Å². The van der Waals surface area contributed by atoms with Gasteiger partial charge in [0.1, 0.15) is 0 Å². The molecule has 2 nitrogen and oxygen atoms in total. The Morgan fingerprint density at radius 1 is 0.656 bits per heavy atom. The van der Waals surface area contributed by atoms with Crippen LogP contribution in [-0.2, 0) is 0 Å². The minimum absolute atomic E-state index is 0. The highest BCUT2D eigenvalue weighted by molar-refractivity contribution is 5.86. The van der Waals surface area contributed by atoms with Crippen LogP contribution in [0.15, 0.2) is 42.5 Å². The van der Waals surface area contributed by atoms with Crippen LogP contribution < -0.4 is 5.73 Å². The van der Waals surface area contributed by atoms with Crippen molar-refractivity contribution < 1.29 is 5.48 Å². The zero-order valence-corrected chi connectivity index (χ0v) is 21.3. The van der Waals surface area contributed by atoms with E-state index >= 15 is 0 Å². The van der Waals surface area contributed by atoms with Crippen LogP contribution in [0.2, 0.25) is 0 Å². The van der Waals surface area contributed by atoms with Crippen molar-refractivity contribution in [2.24, 2.45) is 5.73 Å². The van der Waals surface area contributed by atoms with E-state index in [9.17, 15) is 0 Å². The van der Waals surface area contributed by atoms with Crippen molar-refractivity contribution in [2.75, 3.05) is 0 Å². The molecule has 0 aliphatic heterocycles. The second kappa shape index (κ2) is 16.3. The number of rotatable bonds is 17. The van der Waals surface area contributed by atoms with E-state index in [1.54, 1.807) is 0 Å². The summed E-state index contributed by atoms with van der Waals surface area (Å²) in [6.07, 6.45) is 20.9.